The van der Waals surface area contributed by atoms with Crippen molar-refractivity contribution in [3.05, 3.63) is 35.7 Å². The Morgan fingerprint density at radius 3 is 2.00 bits per heavy atom. The molecule has 15 heavy (non-hydrogen) atoms. The Hall–Kier alpha value is -1.06. The summed E-state index contributed by atoms with van der Waals surface area (Å²) in [5, 5.41) is 19.0. The standard InChI is InChI=1S/C12H16NO2/c1-13(2)9-5-3-8(4-6-9)12-10(14)7-11(12)15/h3-6,10-11,14-15H,7H2,1-2H3. The SMILES string of the molecule is CN(C)c1ccc([C]2C(O)CC2O)cc1. The summed E-state index contributed by atoms with van der Waals surface area (Å²) in [6.07, 6.45) is -0.472. The van der Waals surface area contributed by atoms with Gasteiger partial charge in [-0.3, -0.25) is 0 Å². The quantitative estimate of drug-likeness (QED) is 0.752. The fourth-order valence-electron chi connectivity index (χ4n) is 1.86. The normalized spacial score (nSPS) is 26.1. The van der Waals surface area contributed by atoms with E-state index in [0.29, 0.717) is 6.42 Å². The molecule has 2 atom stereocenters. The first-order valence-corrected chi connectivity index (χ1v) is 5.10. The first-order valence-electron chi connectivity index (χ1n) is 5.10. The number of benzene rings is 1. The van der Waals surface area contributed by atoms with Crippen LogP contribution in [0, 0.1) is 5.92 Å². The maximum atomic E-state index is 9.50. The van der Waals surface area contributed by atoms with Gasteiger partial charge in [0.1, 0.15) is 0 Å². The second-order valence-electron chi connectivity index (χ2n) is 4.16. The first kappa shape index (κ1) is 10.5. The summed E-state index contributed by atoms with van der Waals surface area (Å²) in [4.78, 5) is 2.02. The molecule has 81 valence electrons. The number of anilines is 1. The van der Waals surface area contributed by atoms with E-state index < -0.39 is 12.2 Å². The number of nitrogens with zero attached hydrogens (tertiary/aromatic N) is 1. The molecule has 1 aliphatic carbocycles. The molecule has 3 nitrogen and oxygen atoms in total. The van der Waals surface area contributed by atoms with Crippen LogP contribution >= 0.6 is 0 Å². The van der Waals surface area contributed by atoms with Crippen molar-refractivity contribution in [2.24, 2.45) is 0 Å². The molecule has 1 aromatic carbocycles. The van der Waals surface area contributed by atoms with Gasteiger partial charge in [0.2, 0.25) is 0 Å². The number of aliphatic hydroxyl groups excluding tert-OH is 2. The molecule has 3 heteroatoms. The number of rotatable bonds is 2. The molecule has 0 aromatic heterocycles. The van der Waals surface area contributed by atoms with E-state index >= 15 is 0 Å². The topological polar surface area (TPSA) is 43.7 Å². The van der Waals surface area contributed by atoms with E-state index in [1.807, 2.05) is 43.3 Å². The van der Waals surface area contributed by atoms with Gasteiger partial charge in [-0.15, -0.1) is 0 Å². The van der Waals surface area contributed by atoms with Crippen molar-refractivity contribution in [1.29, 1.82) is 0 Å². The van der Waals surface area contributed by atoms with Crippen molar-refractivity contribution in [2.45, 2.75) is 18.6 Å². The lowest BCUT2D eigenvalue weighted by atomic mass is 9.74. The lowest BCUT2D eigenvalue weighted by molar-refractivity contribution is 0.0120. The number of hydrogen-bond donors (Lipinski definition) is 2. The van der Waals surface area contributed by atoms with Gasteiger partial charge in [0.05, 0.1) is 18.1 Å². The maximum Gasteiger partial charge on any atom is 0.0697 e. The summed E-state index contributed by atoms with van der Waals surface area (Å²) >= 11 is 0. The molecular weight excluding hydrogens is 190 g/mol. The predicted molar refractivity (Wildman–Crippen MR) is 59.7 cm³/mol. The molecule has 0 amide bonds. The minimum absolute atomic E-state index is 0.463. The molecule has 2 unspecified atom stereocenters. The highest BCUT2D eigenvalue weighted by Crippen LogP contribution is 2.36. The van der Waals surface area contributed by atoms with Gasteiger partial charge in [0.25, 0.3) is 0 Å². The molecule has 1 aromatic rings. The van der Waals surface area contributed by atoms with E-state index in [4.69, 9.17) is 0 Å². The third-order valence-electron chi connectivity index (χ3n) is 2.88. The van der Waals surface area contributed by atoms with Gasteiger partial charge < -0.3 is 15.1 Å². The second-order valence-corrected chi connectivity index (χ2v) is 4.16. The van der Waals surface area contributed by atoms with Gasteiger partial charge in [-0.2, -0.15) is 0 Å². The van der Waals surface area contributed by atoms with Gasteiger partial charge in [-0.05, 0) is 17.7 Å². The fourth-order valence-corrected chi connectivity index (χ4v) is 1.86. The first-order chi connectivity index (χ1) is 7.09. The molecule has 1 saturated carbocycles. The average Bonchev–Trinajstić information content (AvgIpc) is 2.18. The molecule has 0 aliphatic heterocycles. The highest BCUT2D eigenvalue weighted by Gasteiger charge is 2.40. The Morgan fingerprint density at radius 2 is 1.60 bits per heavy atom. The van der Waals surface area contributed by atoms with E-state index in [0.717, 1.165) is 17.2 Å². The summed E-state index contributed by atoms with van der Waals surface area (Å²) in [7, 11) is 3.96. The van der Waals surface area contributed by atoms with Crippen molar-refractivity contribution in [3.63, 3.8) is 0 Å². The zero-order chi connectivity index (χ0) is 11.0. The van der Waals surface area contributed by atoms with Crippen molar-refractivity contribution in [2.75, 3.05) is 19.0 Å². The van der Waals surface area contributed by atoms with Crippen LogP contribution in [-0.2, 0) is 0 Å². The monoisotopic (exact) mass is 206 g/mol. The van der Waals surface area contributed by atoms with Gasteiger partial charge in [-0.1, -0.05) is 12.1 Å². The van der Waals surface area contributed by atoms with Crippen LogP contribution in [-0.4, -0.2) is 36.5 Å². The molecule has 1 aliphatic rings. The third kappa shape index (κ3) is 1.85. The molecule has 0 spiro atoms. The van der Waals surface area contributed by atoms with E-state index in [1.165, 1.54) is 0 Å². The molecular formula is C12H16NO2. The van der Waals surface area contributed by atoms with Crippen LogP contribution < -0.4 is 4.90 Å². The molecule has 2 rings (SSSR count). The minimum atomic E-state index is -0.467. The Balaban J connectivity index is 2.16. The zero-order valence-electron chi connectivity index (χ0n) is 9.01. The van der Waals surface area contributed by atoms with E-state index in [-0.39, 0.29) is 0 Å². The highest BCUT2D eigenvalue weighted by molar-refractivity contribution is 5.50. The summed E-state index contributed by atoms with van der Waals surface area (Å²) < 4.78 is 0. The lowest BCUT2D eigenvalue weighted by Gasteiger charge is -2.37. The van der Waals surface area contributed by atoms with Crippen LogP contribution in [0.25, 0.3) is 0 Å². The summed E-state index contributed by atoms with van der Waals surface area (Å²) in [6.45, 7) is 0. The van der Waals surface area contributed by atoms with Crippen LogP contribution in [0.1, 0.15) is 12.0 Å². The van der Waals surface area contributed by atoms with Crippen LogP contribution in [0.15, 0.2) is 24.3 Å². The zero-order valence-corrected chi connectivity index (χ0v) is 9.01. The van der Waals surface area contributed by atoms with Gasteiger partial charge in [-0.25, -0.2) is 0 Å². The second kappa shape index (κ2) is 3.83. The van der Waals surface area contributed by atoms with Crippen LogP contribution in [0.5, 0.6) is 0 Å². The van der Waals surface area contributed by atoms with Crippen LogP contribution in [0.4, 0.5) is 5.69 Å². The largest absolute Gasteiger partial charge is 0.392 e. The van der Waals surface area contributed by atoms with Crippen molar-refractivity contribution in [3.8, 4) is 0 Å². The van der Waals surface area contributed by atoms with Crippen molar-refractivity contribution < 1.29 is 10.2 Å². The lowest BCUT2D eigenvalue weighted by Crippen LogP contribution is -2.44. The molecule has 0 saturated heterocycles. The smallest absolute Gasteiger partial charge is 0.0697 e. The summed E-state index contributed by atoms with van der Waals surface area (Å²) in [5.41, 5.74) is 2.05. The van der Waals surface area contributed by atoms with Gasteiger partial charge in [0, 0.05) is 26.2 Å². The van der Waals surface area contributed by atoms with Crippen LogP contribution in [0.2, 0.25) is 0 Å². The Bertz CT molecular complexity index is 326. The highest BCUT2D eigenvalue weighted by atomic mass is 16.3. The Morgan fingerprint density at radius 1 is 1.07 bits per heavy atom. The molecule has 0 bridgehead atoms. The van der Waals surface area contributed by atoms with E-state index in [2.05, 4.69) is 0 Å². The third-order valence-corrected chi connectivity index (χ3v) is 2.88. The average molecular weight is 206 g/mol. The number of aliphatic hydroxyl groups is 2. The predicted octanol–water partition coefficient (Wildman–Crippen LogP) is 0.801. The van der Waals surface area contributed by atoms with Gasteiger partial charge in [0.15, 0.2) is 0 Å². The Labute approximate surface area is 90.0 Å². The fraction of sp³-hybridized carbons (Fsp3) is 0.417. The molecule has 1 radical (unpaired) electrons. The molecule has 0 heterocycles. The number of hydrogen-bond acceptors (Lipinski definition) is 3. The molecule has 2 N–H and O–H groups in total. The van der Waals surface area contributed by atoms with Crippen molar-refractivity contribution in [1.82, 2.24) is 0 Å². The van der Waals surface area contributed by atoms with Gasteiger partial charge >= 0.3 is 0 Å². The van der Waals surface area contributed by atoms with E-state index in [9.17, 15) is 10.2 Å². The maximum absolute atomic E-state index is 9.50. The van der Waals surface area contributed by atoms with Crippen LogP contribution in [0.3, 0.4) is 0 Å². The summed E-state index contributed by atoms with van der Waals surface area (Å²) in [5.74, 6) is 0.750. The Kier molecular flexibility index (Phi) is 2.67. The van der Waals surface area contributed by atoms with E-state index in [1.54, 1.807) is 0 Å². The minimum Gasteiger partial charge on any atom is -0.392 e. The molecule has 1 fully saturated rings. The van der Waals surface area contributed by atoms with Crippen molar-refractivity contribution >= 4 is 5.69 Å². The summed E-state index contributed by atoms with van der Waals surface area (Å²) in [6, 6.07) is 7.85.